The normalized spacial score (nSPS) is 22.7. The minimum atomic E-state index is -0.233. The van der Waals surface area contributed by atoms with E-state index in [2.05, 4.69) is 5.32 Å². The topological polar surface area (TPSA) is 75.4 Å². The Morgan fingerprint density at radius 3 is 2.32 bits per heavy atom. The number of rotatable bonds is 3. The summed E-state index contributed by atoms with van der Waals surface area (Å²) in [5, 5.41) is 2.91. The van der Waals surface area contributed by atoms with Gasteiger partial charge in [-0.1, -0.05) is 6.92 Å². The van der Waals surface area contributed by atoms with E-state index in [1.807, 2.05) is 32.6 Å². The average Bonchev–Trinajstić information content (AvgIpc) is 2.57. The Bertz CT molecular complexity index is 339. The average molecular weight is 292 g/mol. The Hall–Kier alpha value is -0.810. The summed E-state index contributed by atoms with van der Waals surface area (Å²) in [5.41, 5.74) is 5.51. The molecule has 5 nitrogen and oxygen atoms in total. The minimum absolute atomic E-state index is 0. The van der Waals surface area contributed by atoms with Crippen molar-refractivity contribution < 1.29 is 9.59 Å². The molecule has 1 aliphatic heterocycles. The second-order valence-electron chi connectivity index (χ2n) is 6.23. The van der Waals surface area contributed by atoms with E-state index in [1.165, 1.54) is 0 Å². The Morgan fingerprint density at radius 2 is 1.95 bits per heavy atom. The maximum absolute atomic E-state index is 11.9. The van der Waals surface area contributed by atoms with E-state index in [1.54, 1.807) is 6.92 Å². The molecule has 1 saturated heterocycles. The van der Waals surface area contributed by atoms with Crippen molar-refractivity contribution >= 4 is 24.2 Å². The van der Waals surface area contributed by atoms with Crippen LogP contribution in [-0.2, 0) is 9.59 Å². The van der Waals surface area contributed by atoms with Crippen molar-refractivity contribution in [1.82, 2.24) is 10.2 Å². The number of hydrogen-bond donors (Lipinski definition) is 2. The molecule has 3 atom stereocenters. The van der Waals surface area contributed by atoms with Crippen LogP contribution in [0.1, 0.15) is 41.0 Å². The summed E-state index contributed by atoms with van der Waals surface area (Å²) in [4.78, 5) is 25.6. The fourth-order valence-corrected chi connectivity index (χ4v) is 2.02. The molecule has 2 amide bonds. The van der Waals surface area contributed by atoms with E-state index in [0.29, 0.717) is 13.0 Å². The number of halogens is 1. The highest BCUT2D eigenvalue weighted by Crippen LogP contribution is 2.22. The van der Waals surface area contributed by atoms with Gasteiger partial charge in [0.15, 0.2) is 0 Å². The van der Waals surface area contributed by atoms with Crippen molar-refractivity contribution in [3.63, 3.8) is 0 Å². The van der Waals surface area contributed by atoms with Crippen LogP contribution < -0.4 is 11.1 Å². The first-order valence-electron chi connectivity index (χ1n) is 6.49. The molecular formula is C13H26ClN3O2. The van der Waals surface area contributed by atoms with Crippen LogP contribution in [0.3, 0.4) is 0 Å². The third-order valence-electron chi connectivity index (χ3n) is 3.48. The van der Waals surface area contributed by atoms with Crippen molar-refractivity contribution in [2.75, 3.05) is 6.54 Å². The van der Waals surface area contributed by atoms with Gasteiger partial charge < -0.3 is 16.0 Å². The van der Waals surface area contributed by atoms with Gasteiger partial charge in [-0.3, -0.25) is 9.59 Å². The highest BCUT2D eigenvalue weighted by atomic mass is 35.5. The summed E-state index contributed by atoms with van der Waals surface area (Å²) in [5.74, 6) is -0.205. The van der Waals surface area contributed by atoms with Crippen molar-refractivity contribution in [2.24, 2.45) is 11.7 Å². The van der Waals surface area contributed by atoms with Crippen molar-refractivity contribution in [3.05, 3.63) is 0 Å². The van der Waals surface area contributed by atoms with Crippen molar-refractivity contribution in [1.29, 1.82) is 0 Å². The first kappa shape index (κ1) is 18.2. The van der Waals surface area contributed by atoms with Gasteiger partial charge in [0.25, 0.3) is 0 Å². The minimum Gasteiger partial charge on any atom is -0.351 e. The van der Waals surface area contributed by atoms with Crippen LogP contribution in [0.5, 0.6) is 0 Å². The number of hydrogen-bond acceptors (Lipinski definition) is 3. The van der Waals surface area contributed by atoms with Crippen LogP contribution in [-0.4, -0.2) is 40.9 Å². The molecular weight excluding hydrogens is 266 g/mol. The summed E-state index contributed by atoms with van der Waals surface area (Å²) in [6, 6.07) is -0.272. The summed E-state index contributed by atoms with van der Waals surface area (Å²) in [7, 11) is 0. The quantitative estimate of drug-likeness (QED) is 0.811. The molecule has 0 aromatic heterocycles. The lowest BCUT2D eigenvalue weighted by Crippen LogP contribution is -2.46. The molecule has 0 bridgehead atoms. The molecule has 0 radical (unpaired) electrons. The lowest BCUT2D eigenvalue weighted by atomic mass is 10.0. The molecule has 0 aromatic carbocycles. The zero-order valence-corrected chi connectivity index (χ0v) is 13.2. The molecule has 0 spiro atoms. The van der Waals surface area contributed by atoms with Gasteiger partial charge in [0.05, 0.1) is 6.04 Å². The highest BCUT2D eigenvalue weighted by Gasteiger charge is 2.37. The lowest BCUT2D eigenvalue weighted by Gasteiger charge is -2.32. The van der Waals surface area contributed by atoms with Crippen molar-refractivity contribution in [3.8, 4) is 0 Å². The number of nitrogens with two attached hydrogens (primary N) is 1. The summed E-state index contributed by atoms with van der Waals surface area (Å²) < 4.78 is 0. The van der Waals surface area contributed by atoms with Crippen LogP contribution in [0.15, 0.2) is 0 Å². The van der Waals surface area contributed by atoms with E-state index in [4.69, 9.17) is 5.73 Å². The van der Waals surface area contributed by atoms with E-state index in [0.717, 1.165) is 0 Å². The number of likely N-dealkylation sites (tertiary alicyclic amines) is 1. The number of nitrogens with zero attached hydrogens (tertiary/aromatic N) is 1. The molecule has 112 valence electrons. The van der Waals surface area contributed by atoms with Crippen LogP contribution in [0.25, 0.3) is 0 Å². The predicted molar refractivity (Wildman–Crippen MR) is 78.1 cm³/mol. The number of carbonyl (C=O) groups is 2. The molecule has 1 rings (SSSR count). The fraction of sp³-hybridized carbons (Fsp3) is 0.846. The molecule has 1 fully saturated rings. The summed E-state index contributed by atoms with van der Waals surface area (Å²) >= 11 is 0. The predicted octanol–water partition coefficient (Wildman–Crippen LogP) is 0.907. The first-order chi connectivity index (χ1) is 8.12. The number of nitrogens with one attached hydrogen (secondary N) is 1. The molecule has 1 aliphatic rings. The maximum atomic E-state index is 11.9. The zero-order valence-electron chi connectivity index (χ0n) is 12.4. The SMILES string of the molecule is CC(N)C(C)C(=O)NC1CC(=O)N(C(C)(C)C)C1.Cl. The van der Waals surface area contributed by atoms with Gasteiger partial charge >= 0.3 is 0 Å². The van der Waals surface area contributed by atoms with Gasteiger partial charge in [0.2, 0.25) is 11.8 Å². The number of carbonyl (C=O) groups excluding carboxylic acids is 2. The Kier molecular flexibility index (Phi) is 6.29. The Labute approximate surface area is 121 Å². The molecule has 3 N–H and O–H groups in total. The molecule has 0 saturated carbocycles. The molecule has 0 aromatic rings. The third kappa shape index (κ3) is 4.66. The van der Waals surface area contributed by atoms with Crippen molar-refractivity contribution in [2.45, 2.75) is 58.7 Å². The van der Waals surface area contributed by atoms with Gasteiger partial charge in [-0.15, -0.1) is 12.4 Å². The highest BCUT2D eigenvalue weighted by molar-refractivity contribution is 5.85. The summed E-state index contributed by atoms with van der Waals surface area (Å²) in [6.45, 7) is 10.2. The Balaban J connectivity index is 0.00000324. The number of amides is 2. The first-order valence-corrected chi connectivity index (χ1v) is 6.49. The smallest absolute Gasteiger partial charge is 0.225 e. The maximum Gasteiger partial charge on any atom is 0.225 e. The lowest BCUT2D eigenvalue weighted by molar-refractivity contribution is -0.131. The van der Waals surface area contributed by atoms with Gasteiger partial charge in [-0.05, 0) is 27.7 Å². The van der Waals surface area contributed by atoms with Gasteiger partial charge in [0, 0.05) is 30.5 Å². The fourth-order valence-electron chi connectivity index (χ4n) is 2.02. The van der Waals surface area contributed by atoms with E-state index in [9.17, 15) is 9.59 Å². The standard InChI is InChI=1S/C13H25N3O2.ClH/c1-8(9(2)14)12(18)15-10-6-11(17)16(7-10)13(3,4)5;/h8-10H,6-7,14H2,1-5H3,(H,15,18);1H. The van der Waals surface area contributed by atoms with Gasteiger partial charge in [-0.25, -0.2) is 0 Å². The molecule has 3 unspecified atom stereocenters. The molecule has 19 heavy (non-hydrogen) atoms. The van der Waals surface area contributed by atoms with Crippen LogP contribution >= 0.6 is 12.4 Å². The second kappa shape index (κ2) is 6.57. The Morgan fingerprint density at radius 1 is 1.42 bits per heavy atom. The van der Waals surface area contributed by atoms with Crippen LogP contribution in [0.2, 0.25) is 0 Å². The zero-order chi connectivity index (χ0) is 14.1. The molecule has 0 aliphatic carbocycles. The van der Waals surface area contributed by atoms with E-state index in [-0.39, 0.29) is 47.8 Å². The summed E-state index contributed by atoms with van der Waals surface area (Å²) in [6.07, 6.45) is 0.384. The largest absolute Gasteiger partial charge is 0.351 e. The van der Waals surface area contributed by atoms with Crippen LogP contribution in [0, 0.1) is 5.92 Å². The van der Waals surface area contributed by atoms with Gasteiger partial charge in [-0.2, -0.15) is 0 Å². The van der Waals surface area contributed by atoms with Crippen LogP contribution in [0.4, 0.5) is 0 Å². The molecule has 6 heteroatoms. The van der Waals surface area contributed by atoms with E-state index < -0.39 is 0 Å². The van der Waals surface area contributed by atoms with E-state index >= 15 is 0 Å². The van der Waals surface area contributed by atoms with Gasteiger partial charge in [0.1, 0.15) is 0 Å². The third-order valence-corrected chi connectivity index (χ3v) is 3.48. The molecule has 1 heterocycles. The monoisotopic (exact) mass is 291 g/mol. The second-order valence-corrected chi connectivity index (χ2v) is 6.23.